The van der Waals surface area contributed by atoms with Crippen molar-refractivity contribution in [1.82, 2.24) is 10.6 Å². The molecule has 1 atom stereocenters. The van der Waals surface area contributed by atoms with Crippen LogP contribution in [-0.4, -0.2) is 32.7 Å². The Bertz CT molecular complexity index is 1110. The topological polar surface area (TPSA) is 88.7 Å². The average molecular weight is 462 g/mol. The smallest absolute Gasteiger partial charge is 0.315 e. The summed E-state index contributed by atoms with van der Waals surface area (Å²) in [5.41, 5.74) is 4.36. The number of ether oxygens (including phenoxy) is 2. The van der Waals surface area contributed by atoms with Crippen LogP contribution >= 0.6 is 0 Å². The Labute approximate surface area is 200 Å². The van der Waals surface area contributed by atoms with Crippen molar-refractivity contribution >= 4 is 17.6 Å². The van der Waals surface area contributed by atoms with E-state index in [-0.39, 0.29) is 5.91 Å². The van der Waals surface area contributed by atoms with Gasteiger partial charge in [-0.3, -0.25) is 4.79 Å². The van der Waals surface area contributed by atoms with Crippen LogP contribution in [0.2, 0.25) is 0 Å². The predicted octanol–water partition coefficient (Wildman–Crippen LogP) is 4.54. The van der Waals surface area contributed by atoms with Gasteiger partial charge in [0.05, 0.1) is 14.2 Å². The fourth-order valence-corrected chi connectivity index (χ4v) is 3.69. The number of nitrogens with one attached hydrogen (secondary N) is 3. The highest BCUT2D eigenvalue weighted by Gasteiger charge is 2.23. The molecule has 3 N–H and O–H groups in total. The van der Waals surface area contributed by atoms with Crippen LogP contribution < -0.4 is 25.4 Å². The van der Waals surface area contributed by atoms with Gasteiger partial charge in [-0.15, -0.1) is 0 Å². The minimum atomic E-state index is -0.846. The second-order valence-corrected chi connectivity index (χ2v) is 7.94. The van der Waals surface area contributed by atoms with E-state index < -0.39 is 12.1 Å². The van der Waals surface area contributed by atoms with Gasteiger partial charge >= 0.3 is 6.03 Å². The number of benzene rings is 3. The van der Waals surface area contributed by atoms with Gasteiger partial charge in [-0.05, 0) is 54.7 Å². The molecule has 0 heterocycles. The molecule has 3 amide bonds. The molecule has 34 heavy (non-hydrogen) atoms. The first-order chi connectivity index (χ1) is 16.4. The Kier molecular flexibility index (Phi) is 8.51. The number of amides is 3. The van der Waals surface area contributed by atoms with Crippen molar-refractivity contribution in [1.29, 1.82) is 0 Å². The molecular formula is C27H31N3O4. The fourth-order valence-electron chi connectivity index (χ4n) is 3.69. The predicted molar refractivity (Wildman–Crippen MR) is 134 cm³/mol. The first-order valence-corrected chi connectivity index (χ1v) is 11.1. The molecule has 0 aromatic heterocycles. The van der Waals surface area contributed by atoms with E-state index in [0.717, 1.165) is 22.4 Å². The van der Waals surface area contributed by atoms with E-state index in [1.54, 1.807) is 14.2 Å². The van der Waals surface area contributed by atoms with Gasteiger partial charge in [-0.2, -0.15) is 0 Å². The third-order valence-electron chi connectivity index (χ3n) is 5.55. The van der Waals surface area contributed by atoms with Crippen molar-refractivity contribution in [2.75, 3.05) is 26.1 Å². The molecule has 0 aliphatic carbocycles. The van der Waals surface area contributed by atoms with Crippen LogP contribution in [0.3, 0.4) is 0 Å². The fraction of sp³-hybridized carbons (Fsp3) is 0.259. The molecule has 7 nitrogen and oxygen atoms in total. The van der Waals surface area contributed by atoms with Crippen LogP contribution in [0.15, 0.2) is 66.7 Å². The lowest BCUT2D eigenvalue weighted by atomic mass is 10.0. The van der Waals surface area contributed by atoms with Crippen molar-refractivity contribution in [3.05, 3.63) is 89.0 Å². The molecule has 178 valence electrons. The Morgan fingerprint density at radius 1 is 0.853 bits per heavy atom. The van der Waals surface area contributed by atoms with Gasteiger partial charge < -0.3 is 25.4 Å². The van der Waals surface area contributed by atoms with Crippen LogP contribution in [-0.2, 0) is 11.2 Å². The number of carbonyl (C=O) groups excluding carboxylic acids is 2. The highest BCUT2D eigenvalue weighted by Crippen LogP contribution is 2.27. The highest BCUT2D eigenvalue weighted by atomic mass is 16.5. The number of hydrogen-bond acceptors (Lipinski definition) is 4. The Hall–Kier alpha value is -4.00. The molecular weight excluding hydrogens is 430 g/mol. The number of anilines is 1. The maximum Gasteiger partial charge on any atom is 0.315 e. The number of methoxy groups -OCH3 is 2. The minimum absolute atomic E-state index is 0.307. The molecule has 3 rings (SSSR count). The molecule has 0 saturated carbocycles. The maximum absolute atomic E-state index is 13.2. The van der Waals surface area contributed by atoms with Gasteiger partial charge in [-0.1, -0.05) is 54.6 Å². The molecule has 3 aromatic rings. The summed E-state index contributed by atoms with van der Waals surface area (Å²) in [5, 5.41) is 8.63. The molecule has 0 spiro atoms. The Morgan fingerprint density at radius 2 is 1.53 bits per heavy atom. The van der Waals surface area contributed by atoms with Crippen molar-refractivity contribution in [2.24, 2.45) is 0 Å². The molecule has 0 aliphatic heterocycles. The molecule has 0 aliphatic rings. The monoisotopic (exact) mass is 461 g/mol. The molecule has 0 fully saturated rings. The van der Waals surface area contributed by atoms with Crippen molar-refractivity contribution in [3.8, 4) is 11.5 Å². The van der Waals surface area contributed by atoms with E-state index >= 15 is 0 Å². The van der Waals surface area contributed by atoms with Gasteiger partial charge in [0, 0.05) is 12.2 Å². The third-order valence-corrected chi connectivity index (χ3v) is 5.55. The second kappa shape index (κ2) is 11.7. The molecule has 0 saturated heterocycles. The van der Waals surface area contributed by atoms with Gasteiger partial charge in [0.2, 0.25) is 0 Å². The zero-order valence-corrected chi connectivity index (χ0v) is 20.0. The van der Waals surface area contributed by atoms with Crippen LogP contribution in [0.1, 0.15) is 28.3 Å². The van der Waals surface area contributed by atoms with E-state index in [1.807, 2.05) is 80.6 Å². The van der Waals surface area contributed by atoms with E-state index in [1.165, 1.54) is 0 Å². The number of urea groups is 1. The summed E-state index contributed by atoms with van der Waals surface area (Å²) in [7, 11) is 3.17. The quantitative estimate of drug-likeness (QED) is 0.436. The van der Waals surface area contributed by atoms with Crippen LogP contribution in [0.5, 0.6) is 11.5 Å². The zero-order valence-electron chi connectivity index (χ0n) is 20.0. The van der Waals surface area contributed by atoms with Crippen LogP contribution in [0.4, 0.5) is 10.5 Å². The first-order valence-electron chi connectivity index (χ1n) is 11.1. The van der Waals surface area contributed by atoms with E-state index in [4.69, 9.17) is 9.47 Å². The van der Waals surface area contributed by atoms with Crippen molar-refractivity contribution in [3.63, 3.8) is 0 Å². The van der Waals surface area contributed by atoms with Crippen molar-refractivity contribution < 1.29 is 19.1 Å². The van der Waals surface area contributed by atoms with Gasteiger partial charge in [-0.25, -0.2) is 4.79 Å². The van der Waals surface area contributed by atoms with Crippen LogP contribution in [0, 0.1) is 13.8 Å². The largest absolute Gasteiger partial charge is 0.493 e. The highest BCUT2D eigenvalue weighted by molar-refractivity contribution is 5.98. The van der Waals surface area contributed by atoms with E-state index in [0.29, 0.717) is 30.0 Å². The summed E-state index contributed by atoms with van der Waals surface area (Å²) in [6.07, 6.45) is 0.596. The van der Waals surface area contributed by atoms with E-state index in [9.17, 15) is 9.59 Å². The summed E-state index contributed by atoms with van der Waals surface area (Å²) < 4.78 is 10.6. The summed E-state index contributed by atoms with van der Waals surface area (Å²) >= 11 is 0. The summed E-state index contributed by atoms with van der Waals surface area (Å²) in [4.78, 5) is 25.9. The lowest BCUT2D eigenvalue weighted by Crippen LogP contribution is -2.43. The third kappa shape index (κ3) is 6.28. The summed E-state index contributed by atoms with van der Waals surface area (Å²) in [6.45, 7) is 4.27. The van der Waals surface area contributed by atoms with Gasteiger partial charge in [0.1, 0.15) is 6.04 Å². The Balaban J connectivity index is 1.66. The van der Waals surface area contributed by atoms with Gasteiger partial charge in [0.25, 0.3) is 5.91 Å². The second-order valence-electron chi connectivity index (χ2n) is 7.94. The van der Waals surface area contributed by atoms with E-state index in [2.05, 4.69) is 16.0 Å². The number of hydrogen-bond donors (Lipinski definition) is 3. The number of carbonyl (C=O) groups is 2. The molecule has 0 unspecified atom stereocenters. The molecule has 3 aromatic carbocycles. The number of para-hydroxylation sites is 1. The minimum Gasteiger partial charge on any atom is -0.493 e. The molecule has 0 bridgehead atoms. The molecule has 7 heteroatoms. The lowest BCUT2D eigenvalue weighted by molar-refractivity contribution is -0.118. The zero-order chi connectivity index (χ0) is 24.5. The first kappa shape index (κ1) is 24.6. The lowest BCUT2D eigenvalue weighted by Gasteiger charge is -2.21. The maximum atomic E-state index is 13.2. The Morgan fingerprint density at radius 3 is 2.18 bits per heavy atom. The number of aryl methyl sites for hydroxylation is 2. The standard InChI is InChI=1S/C27H31N3O4/c1-18-9-8-10-19(2)24(18)29-26(31)25(21-11-6-5-7-12-21)30-27(32)28-16-15-20-13-14-22(33-3)23(17-20)34-4/h5-14,17,25H,15-16H2,1-4H3,(H,29,31)(H2,28,30,32)/t25-/m1/s1. The normalized spacial score (nSPS) is 11.3. The number of rotatable bonds is 9. The molecule has 0 radical (unpaired) electrons. The SMILES string of the molecule is COc1ccc(CCNC(=O)N[C@@H](C(=O)Nc2c(C)cccc2C)c2ccccc2)cc1OC. The summed E-state index contributed by atoms with van der Waals surface area (Å²) in [5.74, 6) is 0.980. The summed E-state index contributed by atoms with van der Waals surface area (Å²) in [6, 6.07) is 19.4. The van der Waals surface area contributed by atoms with Crippen LogP contribution in [0.25, 0.3) is 0 Å². The van der Waals surface area contributed by atoms with Crippen molar-refractivity contribution in [2.45, 2.75) is 26.3 Å². The average Bonchev–Trinajstić information content (AvgIpc) is 2.85. The van der Waals surface area contributed by atoms with Gasteiger partial charge in [0.15, 0.2) is 11.5 Å².